The van der Waals surface area contributed by atoms with Crippen LogP contribution in [0.4, 0.5) is 0 Å². The minimum Gasteiger partial charge on any atom is -0.338 e. The molecular formula is C20H23BrN2O2S. The Morgan fingerprint density at radius 1 is 1.19 bits per heavy atom. The second-order valence-electron chi connectivity index (χ2n) is 6.49. The van der Waals surface area contributed by atoms with E-state index in [9.17, 15) is 9.59 Å². The standard InChI is InChI=1S/C20H23BrN2O2S/c1-2-11-23(20(25)18-17(21)10-14-26-18)16-8-12-22(13-9-16)19(24)15-6-4-3-5-7-15/h3-7,10,14,16H,2,8-9,11-13H2,1H3. The molecule has 0 atom stereocenters. The number of carbonyl (C=O) groups excluding carboxylic acids is 2. The number of benzene rings is 1. The van der Waals surface area contributed by atoms with Crippen LogP contribution in [-0.2, 0) is 0 Å². The molecule has 0 bridgehead atoms. The molecule has 2 heterocycles. The molecule has 6 heteroatoms. The zero-order valence-electron chi connectivity index (χ0n) is 14.9. The van der Waals surface area contributed by atoms with Crippen LogP contribution in [0.5, 0.6) is 0 Å². The van der Waals surface area contributed by atoms with E-state index in [2.05, 4.69) is 22.9 Å². The summed E-state index contributed by atoms with van der Waals surface area (Å²) in [6, 6.07) is 11.5. The van der Waals surface area contributed by atoms with E-state index in [1.54, 1.807) is 0 Å². The van der Waals surface area contributed by atoms with E-state index in [0.717, 1.165) is 40.7 Å². The Bertz CT molecular complexity index is 754. The number of thiophene rings is 1. The molecular weight excluding hydrogens is 412 g/mol. The fourth-order valence-electron chi connectivity index (χ4n) is 3.41. The van der Waals surface area contributed by atoms with Crippen LogP contribution in [-0.4, -0.2) is 47.3 Å². The van der Waals surface area contributed by atoms with Crippen molar-refractivity contribution >= 4 is 39.1 Å². The van der Waals surface area contributed by atoms with Crippen molar-refractivity contribution in [1.82, 2.24) is 9.80 Å². The third kappa shape index (κ3) is 4.18. The largest absolute Gasteiger partial charge is 0.338 e. The normalized spacial score (nSPS) is 15.1. The van der Waals surface area contributed by atoms with E-state index in [1.165, 1.54) is 11.3 Å². The van der Waals surface area contributed by atoms with Gasteiger partial charge in [-0.15, -0.1) is 11.3 Å². The van der Waals surface area contributed by atoms with Crippen molar-refractivity contribution in [3.8, 4) is 0 Å². The number of amides is 2. The molecule has 0 saturated carbocycles. The van der Waals surface area contributed by atoms with Gasteiger partial charge in [0, 0.05) is 35.7 Å². The van der Waals surface area contributed by atoms with Crippen LogP contribution in [0.15, 0.2) is 46.3 Å². The smallest absolute Gasteiger partial charge is 0.265 e. The van der Waals surface area contributed by atoms with Gasteiger partial charge in [0.15, 0.2) is 0 Å². The summed E-state index contributed by atoms with van der Waals surface area (Å²) in [5, 5.41) is 1.93. The molecule has 0 aliphatic carbocycles. The van der Waals surface area contributed by atoms with Gasteiger partial charge in [-0.1, -0.05) is 25.1 Å². The minimum atomic E-state index is 0.0819. The highest BCUT2D eigenvalue weighted by molar-refractivity contribution is 9.10. The van der Waals surface area contributed by atoms with Crippen molar-refractivity contribution in [2.24, 2.45) is 0 Å². The Morgan fingerprint density at radius 3 is 2.46 bits per heavy atom. The molecule has 1 aromatic carbocycles. The van der Waals surface area contributed by atoms with E-state index in [-0.39, 0.29) is 17.9 Å². The van der Waals surface area contributed by atoms with Crippen LogP contribution in [0.25, 0.3) is 0 Å². The van der Waals surface area contributed by atoms with E-state index in [1.807, 2.05) is 51.6 Å². The van der Waals surface area contributed by atoms with Gasteiger partial charge < -0.3 is 9.80 Å². The molecule has 0 unspecified atom stereocenters. The van der Waals surface area contributed by atoms with Crippen molar-refractivity contribution in [2.45, 2.75) is 32.2 Å². The first-order chi connectivity index (χ1) is 12.6. The van der Waals surface area contributed by atoms with E-state index in [0.29, 0.717) is 13.1 Å². The molecule has 1 saturated heterocycles. The van der Waals surface area contributed by atoms with Crippen molar-refractivity contribution in [3.63, 3.8) is 0 Å². The summed E-state index contributed by atoms with van der Waals surface area (Å²) in [4.78, 5) is 30.3. The maximum absolute atomic E-state index is 13.0. The second kappa shape index (κ2) is 8.82. The Balaban J connectivity index is 1.66. The molecule has 2 aromatic rings. The highest BCUT2D eigenvalue weighted by Crippen LogP contribution is 2.27. The van der Waals surface area contributed by atoms with Gasteiger partial charge in [0.1, 0.15) is 4.88 Å². The molecule has 1 aromatic heterocycles. The molecule has 2 amide bonds. The molecule has 0 spiro atoms. The summed E-state index contributed by atoms with van der Waals surface area (Å²) >= 11 is 4.95. The van der Waals surface area contributed by atoms with Crippen LogP contribution in [0.2, 0.25) is 0 Å². The lowest BCUT2D eigenvalue weighted by Crippen LogP contribution is -2.49. The number of likely N-dealkylation sites (tertiary alicyclic amines) is 1. The van der Waals surface area contributed by atoms with Crippen molar-refractivity contribution < 1.29 is 9.59 Å². The predicted molar refractivity (Wildman–Crippen MR) is 109 cm³/mol. The molecule has 26 heavy (non-hydrogen) atoms. The summed E-state index contributed by atoms with van der Waals surface area (Å²) in [7, 11) is 0. The van der Waals surface area contributed by atoms with E-state index >= 15 is 0 Å². The fourth-order valence-corrected chi connectivity index (χ4v) is 4.91. The number of hydrogen-bond acceptors (Lipinski definition) is 3. The van der Waals surface area contributed by atoms with Gasteiger partial charge in [-0.3, -0.25) is 9.59 Å². The van der Waals surface area contributed by atoms with Crippen LogP contribution in [0.3, 0.4) is 0 Å². The van der Waals surface area contributed by atoms with Crippen molar-refractivity contribution in [3.05, 3.63) is 56.7 Å². The predicted octanol–water partition coefficient (Wildman–Crippen LogP) is 4.67. The van der Waals surface area contributed by atoms with E-state index < -0.39 is 0 Å². The number of carbonyl (C=O) groups is 2. The van der Waals surface area contributed by atoms with Gasteiger partial charge in [0.25, 0.3) is 11.8 Å². The quantitative estimate of drug-likeness (QED) is 0.685. The van der Waals surface area contributed by atoms with Crippen LogP contribution in [0.1, 0.15) is 46.2 Å². The number of piperidine rings is 1. The molecule has 1 aliphatic heterocycles. The molecule has 138 valence electrons. The average molecular weight is 435 g/mol. The van der Waals surface area contributed by atoms with Gasteiger partial charge in [0.05, 0.1) is 0 Å². The highest BCUT2D eigenvalue weighted by atomic mass is 79.9. The highest BCUT2D eigenvalue weighted by Gasteiger charge is 2.31. The lowest BCUT2D eigenvalue weighted by Gasteiger charge is -2.38. The van der Waals surface area contributed by atoms with Gasteiger partial charge in [-0.05, 0) is 58.8 Å². The first-order valence-corrected chi connectivity index (χ1v) is 10.7. The SMILES string of the molecule is CCCN(C(=O)c1sccc1Br)C1CCN(C(=O)c2ccccc2)CC1. The summed E-state index contributed by atoms with van der Waals surface area (Å²) in [6.07, 6.45) is 2.58. The number of halogens is 1. The zero-order valence-corrected chi connectivity index (χ0v) is 17.3. The van der Waals surface area contributed by atoms with Crippen molar-refractivity contribution in [1.29, 1.82) is 0 Å². The molecule has 1 aliphatic rings. The average Bonchev–Trinajstić information content (AvgIpc) is 3.12. The first-order valence-electron chi connectivity index (χ1n) is 9.00. The maximum atomic E-state index is 13.0. The maximum Gasteiger partial charge on any atom is 0.265 e. The Morgan fingerprint density at radius 2 is 1.88 bits per heavy atom. The molecule has 0 radical (unpaired) electrons. The Labute approximate surface area is 166 Å². The molecule has 3 rings (SSSR count). The van der Waals surface area contributed by atoms with Gasteiger partial charge >= 0.3 is 0 Å². The third-order valence-corrected chi connectivity index (χ3v) is 6.58. The molecule has 4 nitrogen and oxygen atoms in total. The summed E-state index contributed by atoms with van der Waals surface area (Å²) in [5.74, 6) is 0.181. The Hall–Kier alpha value is -1.66. The fraction of sp³-hybridized carbons (Fsp3) is 0.400. The monoisotopic (exact) mass is 434 g/mol. The zero-order chi connectivity index (χ0) is 18.5. The number of rotatable bonds is 5. The molecule has 1 fully saturated rings. The van der Waals surface area contributed by atoms with Gasteiger partial charge in [-0.25, -0.2) is 0 Å². The summed E-state index contributed by atoms with van der Waals surface area (Å²) in [5.41, 5.74) is 0.731. The first kappa shape index (κ1) is 19.1. The van der Waals surface area contributed by atoms with E-state index in [4.69, 9.17) is 0 Å². The topological polar surface area (TPSA) is 40.6 Å². The van der Waals surface area contributed by atoms with Gasteiger partial charge in [-0.2, -0.15) is 0 Å². The van der Waals surface area contributed by atoms with Gasteiger partial charge in [0.2, 0.25) is 0 Å². The van der Waals surface area contributed by atoms with Crippen LogP contribution in [0, 0.1) is 0 Å². The third-order valence-electron chi connectivity index (χ3n) is 4.75. The second-order valence-corrected chi connectivity index (χ2v) is 8.26. The summed E-state index contributed by atoms with van der Waals surface area (Å²) in [6.45, 7) is 4.23. The lowest BCUT2D eigenvalue weighted by molar-refractivity contribution is 0.0522. The molecule has 0 N–H and O–H groups in total. The van der Waals surface area contributed by atoms with Crippen LogP contribution < -0.4 is 0 Å². The number of hydrogen-bond donors (Lipinski definition) is 0. The minimum absolute atomic E-state index is 0.0819. The van der Waals surface area contributed by atoms with Crippen molar-refractivity contribution in [2.75, 3.05) is 19.6 Å². The lowest BCUT2D eigenvalue weighted by atomic mass is 10.0. The summed E-state index contributed by atoms with van der Waals surface area (Å²) < 4.78 is 0.866. The van der Waals surface area contributed by atoms with Crippen LogP contribution >= 0.6 is 27.3 Å². The number of nitrogens with zero attached hydrogens (tertiary/aromatic N) is 2. The Kier molecular flexibility index (Phi) is 6.48.